The third-order valence-corrected chi connectivity index (χ3v) is 5.63. The average molecular weight is 418 g/mol. The molecule has 5 rings (SSSR count). The molecule has 1 aliphatic rings. The molecule has 0 unspecified atom stereocenters. The van der Waals surface area contributed by atoms with E-state index in [0.29, 0.717) is 11.8 Å². The second-order valence-electron chi connectivity index (χ2n) is 8.49. The van der Waals surface area contributed by atoms with E-state index in [1.807, 2.05) is 24.5 Å². The fourth-order valence-corrected chi connectivity index (χ4v) is 3.97. The van der Waals surface area contributed by atoms with Gasteiger partial charge >= 0.3 is 0 Å². The van der Waals surface area contributed by atoms with Crippen LogP contribution in [0, 0.1) is 0 Å². The van der Waals surface area contributed by atoms with Gasteiger partial charge in [0, 0.05) is 42.5 Å². The molecule has 0 saturated carbocycles. The van der Waals surface area contributed by atoms with Crippen LogP contribution in [0.5, 0.6) is 5.88 Å². The number of fused-ring (bicyclic) bond motifs is 2. The molecule has 1 aliphatic heterocycles. The summed E-state index contributed by atoms with van der Waals surface area (Å²) < 4.78 is 6.12. The van der Waals surface area contributed by atoms with E-state index < -0.39 is 0 Å². The zero-order chi connectivity index (χ0) is 21.4. The monoisotopic (exact) mass is 417 g/mol. The van der Waals surface area contributed by atoms with E-state index in [-0.39, 0.29) is 12.1 Å². The number of H-pyrrole nitrogens is 1. The highest BCUT2D eigenvalue weighted by Gasteiger charge is 2.19. The quantitative estimate of drug-likeness (QED) is 0.509. The molecule has 0 bridgehead atoms. The minimum Gasteiger partial charge on any atom is -0.473 e. The van der Waals surface area contributed by atoms with Gasteiger partial charge in [-0.3, -0.25) is 0 Å². The first-order chi connectivity index (χ1) is 15.0. The van der Waals surface area contributed by atoms with Crippen LogP contribution in [-0.4, -0.2) is 62.1 Å². The number of aromatic amines is 1. The Balaban J connectivity index is 1.43. The summed E-state index contributed by atoms with van der Waals surface area (Å²) in [6, 6.07) is 6.37. The number of likely N-dealkylation sites (tertiary alicyclic amines) is 1. The van der Waals surface area contributed by atoms with Gasteiger partial charge < -0.3 is 19.9 Å². The van der Waals surface area contributed by atoms with Crippen LogP contribution >= 0.6 is 0 Å². The van der Waals surface area contributed by atoms with Crippen molar-refractivity contribution in [3.63, 3.8) is 0 Å². The lowest BCUT2D eigenvalue weighted by molar-refractivity contribution is 0.110. The summed E-state index contributed by atoms with van der Waals surface area (Å²) in [5.41, 5.74) is 4.54. The maximum atomic E-state index is 6.12. The molecule has 1 saturated heterocycles. The molecule has 2 N–H and O–H groups in total. The van der Waals surface area contributed by atoms with Gasteiger partial charge in [0.05, 0.1) is 17.2 Å². The summed E-state index contributed by atoms with van der Waals surface area (Å²) in [6.45, 7) is 6.22. The van der Waals surface area contributed by atoms with E-state index in [2.05, 4.69) is 57.1 Å². The Morgan fingerprint density at radius 3 is 2.74 bits per heavy atom. The van der Waals surface area contributed by atoms with E-state index in [0.717, 1.165) is 59.1 Å². The smallest absolute Gasteiger partial charge is 0.233 e. The third kappa shape index (κ3) is 4.16. The highest BCUT2D eigenvalue weighted by Crippen LogP contribution is 2.30. The second-order valence-corrected chi connectivity index (χ2v) is 8.49. The van der Waals surface area contributed by atoms with Gasteiger partial charge in [-0.1, -0.05) is 6.07 Å². The maximum Gasteiger partial charge on any atom is 0.233 e. The fraction of sp³-hybridized carbons (Fsp3) is 0.391. The fourth-order valence-electron chi connectivity index (χ4n) is 3.97. The van der Waals surface area contributed by atoms with Crippen LogP contribution in [0.2, 0.25) is 0 Å². The zero-order valence-corrected chi connectivity index (χ0v) is 18.1. The number of anilines is 1. The number of hydrogen-bond donors (Lipinski definition) is 2. The molecule has 8 nitrogen and oxygen atoms in total. The Labute approximate surface area is 181 Å². The molecular formula is C23H27N7O. The summed E-state index contributed by atoms with van der Waals surface area (Å²) in [7, 11) is 2.14. The molecule has 4 heterocycles. The molecule has 160 valence electrons. The van der Waals surface area contributed by atoms with Crippen molar-refractivity contribution in [2.45, 2.75) is 38.8 Å². The Morgan fingerprint density at radius 1 is 1.10 bits per heavy atom. The van der Waals surface area contributed by atoms with Crippen molar-refractivity contribution >= 4 is 28.0 Å². The van der Waals surface area contributed by atoms with Gasteiger partial charge in [-0.25, -0.2) is 15.0 Å². The van der Waals surface area contributed by atoms with Gasteiger partial charge in [-0.15, -0.1) is 0 Å². The molecule has 1 aromatic carbocycles. The molecule has 8 heteroatoms. The first-order valence-electron chi connectivity index (χ1n) is 10.8. The van der Waals surface area contributed by atoms with Crippen molar-refractivity contribution in [2.24, 2.45) is 0 Å². The van der Waals surface area contributed by atoms with Gasteiger partial charge in [0.2, 0.25) is 11.8 Å². The van der Waals surface area contributed by atoms with Gasteiger partial charge in [0.15, 0.2) is 0 Å². The maximum absolute atomic E-state index is 6.12. The lowest BCUT2D eigenvalue weighted by atomic mass is 10.1. The average Bonchev–Trinajstić information content (AvgIpc) is 3.18. The summed E-state index contributed by atoms with van der Waals surface area (Å²) in [6.07, 6.45) is 7.77. The van der Waals surface area contributed by atoms with Crippen molar-refractivity contribution in [2.75, 3.05) is 25.5 Å². The van der Waals surface area contributed by atoms with Gasteiger partial charge in [-0.2, -0.15) is 4.98 Å². The predicted octanol–water partition coefficient (Wildman–Crippen LogP) is 3.86. The topological polar surface area (TPSA) is 91.9 Å². The Hall–Kier alpha value is -3.26. The molecule has 1 fully saturated rings. The van der Waals surface area contributed by atoms with Crippen LogP contribution < -0.4 is 10.1 Å². The van der Waals surface area contributed by atoms with Crippen molar-refractivity contribution in [3.8, 4) is 17.0 Å². The van der Waals surface area contributed by atoms with E-state index in [4.69, 9.17) is 9.72 Å². The van der Waals surface area contributed by atoms with Crippen LogP contribution in [0.25, 0.3) is 33.2 Å². The second kappa shape index (κ2) is 8.11. The number of nitrogens with one attached hydrogen (secondary N) is 2. The minimum absolute atomic E-state index is 0.200. The van der Waals surface area contributed by atoms with Crippen molar-refractivity contribution in [3.05, 3.63) is 36.8 Å². The van der Waals surface area contributed by atoms with Gasteiger partial charge in [0.1, 0.15) is 11.8 Å². The Kier molecular flexibility index (Phi) is 5.15. The van der Waals surface area contributed by atoms with Crippen molar-refractivity contribution in [1.29, 1.82) is 0 Å². The molecule has 0 spiro atoms. The number of nitrogens with zero attached hydrogens (tertiary/aromatic N) is 5. The first kappa shape index (κ1) is 19.7. The summed E-state index contributed by atoms with van der Waals surface area (Å²) in [5, 5.41) is 4.21. The van der Waals surface area contributed by atoms with E-state index in [1.54, 1.807) is 6.20 Å². The molecule has 4 aromatic rings. The zero-order valence-electron chi connectivity index (χ0n) is 18.1. The summed E-state index contributed by atoms with van der Waals surface area (Å²) >= 11 is 0. The number of rotatable bonds is 5. The van der Waals surface area contributed by atoms with Gasteiger partial charge in [0.25, 0.3) is 0 Å². The third-order valence-electron chi connectivity index (χ3n) is 5.63. The highest BCUT2D eigenvalue weighted by atomic mass is 16.5. The summed E-state index contributed by atoms with van der Waals surface area (Å²) in [5.74, 6) is 1.21. The van der Waals surface area contributed by atoms with E-state index in [9.17, 15) is 0 Å². The predicted molar refractivity (Wildman–Crippen MR) is 122 cm³/mol. The normalized spacial score (nSPS) is 15.7. The lowest BCUT2D eigenvalue weighted by Crippen LogP contribution is -2.35. The van der Waals surface area contributed by atoms with Crippen LogP contribution in [0.4, 0.5) is 5.95 Å². The highest BCUT2D eigenvalue weighted by molar-refractivity contribution is 5.95. The molecule has 0 radical (unpaired) electrons. The minimum atomic E-state index is 0.200. The number of benzene rings is 1. The largest absolute Gasteiger partial charge is 0.473 e. The SMILES string of the molecule is CC(C)Nc1ncc2c(-c3ccc4ncc(OC5CCN(C)CC5)nc4c3)c[nH]c2n1. The molecule has 0 amide bonds. The van der Waals surface area contributed by atoms with Crippen LogP contribution in [0.3, 0.4) is 0 Å². The van der Waals surface area contributed by atoms with Crippen molar-refractivity contribution < 1.29 is 4.74 Å². The first-order valence-corrected chi connectivity index (χ1v) is 10.8. The Bertz CT molecular complexity index is 1210. The molecule has 0 atom stereocenters. The number of hydrogen-bond acceptors (Lipinski definition) is 7. The standard InChI is InChI=1S/C23H27N7O/c1-14(2)27-23-26-12-18-17(11-25-22(18)29-23)15-4-5-19-20(10-15)28-21(13-24-19)31-16-6-8-30(3)9-7-16/h4-5,10-14,16H,6-9H2,1-3H3,(H2,25,26,27,29). The number of aromatic nitrogens is 5. The van der Waals surface area contributed by atoms with Gasteiger partial charge in [-0.05, 0) is 51.4 Å². The molecule has 31 heavy (non-hydrogen) atoms. The Morgan fingerprint density at radius 2 is 1.94 bits per heavy atom. The van der Waals surface area contributed by atoms with Crippen LogP contribution in [0.1, 0.15) is 26.7 Å². The molecule has 0 aliphatic carbocycles. The summed E-state index contributed by atoms with van der Waals surface area (Å²) in [4.78, 5) is 23.9. The lowest BCUT2D eigenvalue weighted by Gasteiger charge is -2.28. The van der Waals surface area contributed by atoms with Crippen LogP contribution in [0.15, 0.2) is 36.8 Å². The molecular weight excluding hydrogens is 390 g/mol. The number of ether oxygens (including phenoxy) is 1. The van der Waals surface area contributed by atoms with E-state index >= 15 is 0 Å². The van der Waals surface area contributed by atoms with Crippen LogP contribution in [-0.2, 0) is 0 Å². The number of piperidine rings is 1. The molecule has 3 aromatic heterocycles. The van der Waals surface area contributed by atoms with E-state index in [1.165, 1.54) is 0 Å². The van der Waals surface area contributed by atoms with Crippen molar-refractivity contribution in [1.82, 2.24) is 29.8 Å².